The van der Waals surface area contributed by atoms with Gasteiger partial charge in [0.05, 0.1) is 17.4 Å². The Morgan fingerprint density at radius 1 is 1.10 bits per heavy atom. The highest BCUT2D eigenvalue weighted by Crippen LogP contribution is 2.30. The summed E-state index contributed by atoms with van der Waals surface area (Å²) in [5.74, 6) is -0.217. The average molecular weight is 424 g/mol. The Morgan fingerprint density at radius 3 is 2.69 bits per heavy atom. The van der Waals surface area contributed by atoms with Crippen LogP contribution in [0.5, 0.6) is 0 Å². The first-order chi connectivity index (χ1) is 14.1. The van der Waals surface area contributed by atoms with Gasteiger partial charge in [0.1, 0.15) is 10.8 Å². The Kier molecular flexibility index (Phi) is 6.00. The van der Waals surface area contributed by atoms with Crippen LogP contribution in [0.25, 0.3) is 10.7 Å². The van der Waals surface area contributed by atoms with Gasteiger partial charge < -0.3 is 5.32 Å². The third-order valence-corrected chi connectivity index (χ3v) is 5.91. The van der Waals surface area contributed by atoms with Crippen LogP contribution < -0.4 is 5.32 Å². The number of pyridine rings is 1. The van der Waals surface area contributed by atoms with Gasteiger partial charge in [0.25, 0.3) is 0 Å². The summed E-state index contributed by atoms with van der Waals surface area (Å²) >= 11 is 8.03. The Balaban J connectivity index is 1.60. The fourth-order valence-electron chi connectivity index (χ4n) is 3.17. The number of aromatic nitrogens is 2. The minimum atomic E-state index is -0.217. The minimum Gasteiger partial charge on any atom is -0.300 e. The van der Waals surface area contributed by atoms with Crippen molar-refractivity contribution in [3.8, 4) is 10.7 Å². The smallest absolute Gasteiger partial charge is 0.142 e. The Morgan fingerprint density at radius 2 is 1.93 bits per heavy atom. The minimum absolute atomic E-state index is 0.178. The third kappa shape index (κ3) is 4.53. The zero-order valence-corrected chi connectivity index (χ0v) is 17.3. The predicted octanol–water partition coefficient (Wildman–Crippen LogP) is 6.19. The van der Waals surface area contributed by atoms with Gasteiger partial charge in [-0.1, -0.05) is 48.0 Å². The number of benzene rings is 2. The van der Waals surface area contributed by atoms with Crippen LogP contribution in [0.2, 0.25) is 5.02 Å². The number of hydrogen-bond donors (Lipinski definition) is 1. The van der Waals surface area contributed by atoms with Crippen molar-refractivity contribution in [2.24, 2.45) is 0 Å². The second kappa shape index (κ2) is 8.82. The zero-order valence-electron chi connectivity index (χ0n) is 15.8. The molecule has 2 heterocycles. The first kappa shape index (κ1) is 19.7. The molecule has 6 heteroatoms. The molecule has 4 rings (SSSR count). The van der Waals surface area contributed by atoms with Gasteiger partial charge in [-0.2, -0.15) is 0 Å². The van der Waals surface area contributed by atoms with E-state index in [0.29, 0.717) is 17.1 Å². The van der Waals surface area contributed by atoms with E-state index in [2.05, 4.69) is 10.3 Å². The SMILES string of the molecule is Cc1cc(C(NCc2csc(-c3ccccn3)n2)c2ccccc2Cl)ccc1F. The van der Waals surface area contributed by atoms with Crippen molar-refractivity contribution in [3.05, 3.63) is 105 Å². The van der Waals surface area contributed by atoms with Crippen LogP contribution >= 0.6 is 22.9 Å². The van der Waals surface area contributed by atoms with Gasteiger partial charge in [-0.25, -0.2) is 9.37 Å². The molecule has 0 aliphatic carbocycles. The van der Waals surface area contributed by atoms with Gasteiger partial charge in [-0.05, 0) is 47.9 Å². The summed E-state index contributed by atoms with van der Waals surface area (Å²) in [6, 6.07) is 18.5. The molecule has 0 amide bonds. The van der Waals surface area contributed by atoms with Gasteiger partial charge in [-0.15, -0.1) is 11.3 Å². The third-order valence-electron chi connectivity index (χ3n) is 4.65. The predicted molar refractivity (Wildman–Crippen MR) is 117 cm³/mol. The molecular weight excluding hydrogens is 405 g/mol. The highest BCUT2D eigenvalue weighted by molar-refractivity contribution is 7.13. The molecule has 0 saturated carbocycles. The molecule has 0 saturated heterocycles. The van der Waals surface area contributed by atoms with E-state index in [4.69, 9.17) is 16.6 Å². The molecule has 0 aliphatic heterocycles. The molecule has 2 aromatic heterocycles. The second-order valence-electron chi connectivity index (χ2n) is 6.70. The summed E-state index contributed by atoms with van der Waals surface area (Å²) in [7, 11) is 0. The topological polar surface area (TPSA) is 37.8 Å². The van der Waals surface area contributed by atoms with Crippen LogP contribution in [-0.4, -0.2) is 9.97 Å². The van der Waals surface area contributed by atoms with Crippen LogP contribution in [0.15, 0.2) is 72.2 Å². The number of nitrogens with one attached hydrogen (secondary N) is 1. The molecule has 0 fully saturated rings. The summed E-state index contributed by atoms with van der Waals surface area (Å²) in [5, 5.41) is 7.11. The lowest BCUT2D eigenvalue weighted by Crippen LogP contribution is -2.22. The maximum Gasteiger partial charge on any atom is 0.142 e. The van der Waals surface area contributed by atoms with Gasteiger partial charge >= 0.3 is 0 Å². The van der Waals surface area contributed by atoms with Crippen molar-refractivity contribution in [2.45, 2.75) is 19.5 Å². The van der Waals surface area contributed by atoms with Crippen LogP contribution in [-0.2, 0) is 6.54 Å². The summed E-state index contributed by atoms with van der Waals surface area (Å²) in [6.07, 6.45) is 1.76. The van der Waals surface area contributed by atoms with E-state index >= 15 is 0 Å². The van der Waals surface area contributed by atoms with Crippen molar-refractivity contribution in [1.29, 1.82) is 0 Å². The highest BCUT2D eigenvalue weighted by Gasteiger charge is 2.18. The normalized spacial score (nSPS) is 12.1. The van der Waals surface area contributed by atoms with Crippen molar-refractivity contribution in [3.63, 3.8) is 0 Å². The van der Waals surface area contributed by atoms with E-state index in [1.54, 1.807) is 30.5 Å². The first-order valence-corrected chi connectivity index (χ1v) is 10.5. The molecule has 0 spiro atoms. The van der Waals surface area contributed by atoms with Gasteiger partial charge in [0.15, 0.2) is 0 Å². The molecule has 0 bridgehead atoms. The zero-order chi connectivity index (χ0) is 20.2. The van der Waals surface area contributed by atoms with E-state index < -0.39 is 0 Å². The average Bonchev–Trinajstić information content (AvgIpc) is 3.21. The van der Waals surface area contributed by atoms with Crippen molar-refractivity contribution in [2.75, 3.05) is 0 Å². The molecular formula is C23H19ClFN3S. The van der Waals surface area contributed by atoms with Gasteiger partial charge in [0, 0.05) is 23.1 Å². The maximum atomic E-state index is 13.8. The fraction of sp³-hybridized carbons (Fsp3) is 0.130. The highest BCUT2D eigenvalue weighted by atomic mass is 35.5. The van der Waals surface area contributed by atoms with Gasteiger partial charge in [0.2, 0.25) is 0 Å². The molecule has 0 radical (unpaired) electrons. The molecule has 1 N–H and O–H groups in total. The Bertz CT molecular complexity index is 1110. The first-order valence-electron chi connectivity index (χ1n) is 9.21. The monoisotopic (exact) mass is 423 g/mol. The molecule has 1 atom stereocenters. The fourth-order valence-corrected chi connectivity index (χ4v) is 4.21. The number of hydrogen-bond acceptors (Lipinski definition) is 4. The number of rotatable bonds is 6. The van der Waals surface area contributed by atoms with Crippen LogP contribution in [0.3, 0.4) is 0 Å². The van der Waals surface area contributed by atoms with Crippen LogP contribution in [0.1, 0.15) is 28.4 Å². The molecule has 1 unspecified atom stereocenters. The number of nitrogens with zero attached hydrogens (tertiary/aromatic N) is 2. The largest absolute Gasteiger partial charge is 0.300 e. The standard InChI is InChI=1S/C23H19ClFN3S/c1-15-12-16(9-10-20(15)25)22(18-6-2-3-7-19(18)24)27-13-17-14-29-23(28-17)21-8-4-5-11-26-21/h2-12,14,22,27H,13H2,1H3. The summed E-state index contributed by atoms with van der Waals surface area (Å²) < 4.78 is 13.8. The summed E-state index contributed by atoms with van der Waals surface area (Å²) in [4.78, 5) is 9.05. The quantitative estimate of drug-likeness (QED) is 0.402. The van der Waals surface area contributed by atoms with Crippen LogP contribution in [0, 0.1) is 12.7 Å². The van der Waals surface area contributed by atoms with E-state index in [1.165, 1.54) is 6.07 Å². The molecule has 146 valence electrons. The lowest BCUT2D eigenvalue weighted by atomic mass is 9.97. The molecule has 29 heavy (non-hydrogen) atoms. The Labute approximate surface area is 178 Å². The van der Waals surface area contributed by atoms with E-state index in [1.807, 2.05) is 53.9 Å². The van der Waals surface area contributed by atoms with Gasteiger partial charge in [-0.3, -0.25) is 4.98 Å². The lowest BCUT2D eigenvalue weighted by molar-refractivity contribution is 0.590. The molecule has 0 aliphatic rings. The Hall–Kier alpha value is -2.60. The second-order valence-corrected chi connectivity index (χ2v) is 7.97. The molecule has 3 nitrogen and oxygen atoms in total. The van der Waals surface area contributed by atoms with E-state index in [-0.39, 0.29) is 11.9 Å². The maximum absolute atomic E-state index is 13.8. The number of thiazole rings is 1. The van der Waals surface area contributed by atoms with E-state index in [9.17, 15) is 4.39 Å². The lowest BCUT2D eigenvalue weighted by Gasteiger charge is -2.21. The number of aryl methyl sites for hydroxylation is 1. The van der Waals surface area contributed by atoms with Crippen molar-refractivity contribution >= 4 is 22.9 Å². The van der Waals surface area contributed by atoms with E-state index in [0.717, 1.165) is 27.5 Å². The molecule has 2 aromatic carbocycles. The van der Waals surface area contributed by atoms with Crippen molar-refractivity contribution < 1.29 is 4.39 Å². The number of halogens is 2. The summed E-state index contributed by atoms with van der Waals surface area (Å²) in [6.45, 7) is 2.32. The molecule has 4 aromatic rings. The summed E-state index contributed by atoms with van der Waals surface area (Å²) in [5.41, 5.74) is 4.29. The van der Waals surface area contributed by atoms with Crippen LogP contribution in [0.4, 0.5) is 4.39 Å². The van der Waals surface area contributed by atoms with Crippen molar-refractivity contribution in [1.82, 2.24) is 15.3 Å².